The molecule has 1 aliphatic carbocycles. The maximum atomic E-state index is 13.5. The first-order valence-corrected chi connectivity index (χ1v) is 28.0. The molecule has 1 aliphatic rings. The van der Waals surface area contributed by atoms with Gasteiger partial charge in [-0.2, -0.15) is 0 Å². The van der Waals surface area contributed by atoms with Gasteiger partial charge in [0.2, 0.25) is 0 Å². The molecule has 0 N–H and O–H groups in total. The van der Waals surface area contributed by atoms with Crippen molar-refractivity contribution in [3.63, 3.8) is 0 Å². The van der Waals surface area contributed by atoms with Crippen molar-refractivity contribution in [1.82, 2.24) is 4.90 Å². The van der Waals surface area contributed by atoms with Gasteiger partial charge in [0.15, 0.2) is 0 Å². The average molecular weight is 972 g/mol. The Morgan fingerprint density at radius 1 is 0.522 bits per heavy atom. The number of unbranched alkanes of at least 4 members (excludes halogenated alkanes) is 14. The van der Waals surface area contributed by atoms with Gasteiger partial charge in [0, 0.05) is 43.9 Å². The van der Waals surface area contributed by atoms with Gasteiger partial charge in [-0.25, -0.2) is 0 Å². The van der Waals surface area contributed by atoms with Crippen molar-refractivity contribution in [2.75, 3.05) is 40.5 Å². The highest BCUT2D eigenvalue weighted by atomic mass is 16.6. The number of esters is 5. The molecule has 0 aromatic heterocycles. The van der Waals surface area contributed by atoms with Crippen LogP contribution in [0.4, 0.5) is 0 Å². The summed E-state index contributed by atoms with van der Waals surface area (Å²) >= 11 is 0. The van der Waals surface area contributed by atoms with Crippen molar-refractivity contribution in [3.8, 4) is 0 Å². The van der Waals surface area contributed by atoms with Crippen molar-refractivity contribution >= 4 is 29.8 Å². The van der Waals surface area contributed by atoms with Crippen molar-refractivity contribution < 1.29 is 47.7 Å². The fourth-order valence-corrected chi connectivity index (χ4v) is 8.80. The summed E-state index contributed by atoms with van der Waals surface area (Å²) in [7, 11) is 3.98. The van der Waals surface area contributed by atoms with E-state index in [0.717, 1.165) is 116 Å². The quantitative estimate of drug-likeness (QED) is 0.0250. The first-order chi connectivity index (χ1) is 33.5. The maximum Gasteiger partial charge on any atom is 0.306 e. The second-order valence-electron chi connectivity index (χ2n) is 19.8. The number of hydrogen-bond donors (Lipinski definition) is 0. The van der Waals surface area contributed by atoms with Gasteiger partial charge in [-0.15, -0.1) is 0 Å². The molecule has 1 saturated carbocycles. The number of hydrogen-bond acceptors (Lipinski definition) is 11. The van der Waals surface area contributed by atoms with Crippen molar-refractivity contribution in [1.29, 1.82) is 0 Å². The first kappa shape index (κ1) is 63.5. The molecule has 11 heteroatoms. The number of allylic oxidation sites excluding steroid dienone is 6. The fourth-order valence-electron chi connectivity index (χ4n) is 8.80. The lowest BCUT2D eigenvalue weighted by Gasteiger charge is -2.24. The third kappa shape index (κ3) is 37.0. The lowest BCUT2D eigenvalue weighted by Crippen LogP contribution is -2.28. The molecule has 0 radical (unpaired) electrons. The van der Waals surface area contributed by atoms with Crippen LogP contribution in [0.15, 0.2) is 36.5 Å². The average Bonchev–Trinajstić information content (AvgIpc) is 3.69. The molecule has 4 unspecified atom stereocenters. The highest BCUT2D eigenvalue weighted by Crippen LogP contribution is 2.39. The Morgan fingerprint density at radius 2 is 1.06 bits per heavy atom. The highest BCUT2D eigenvalue weighted by molar-refractivity contribution is 5.71. The fraction of sp³-hybridized carbons (Fsp3) is 0.810. The minimum atomic E-state index is -0.540. The Bertz CT molecular complexity index is 1380. The Balaban J connectivity index is 2.81. The molecule has 11 nitrogen and oxygen atoms in total. The van der Waals surface area contributed by atoms with Crippen molar-refractivity contribution in [3.05, 3.63) is 36.5 Å². The molecule has 0 aromatic carbocycles. The van der Waals surface area contributed by atoms with Crippen LogP contribution >= 0.6 is 0 Å². The van der Waals surface area contributed by atoms with Crippen LogP contribution in [-0.2, 0) is 47.7 Å². The van der Waals surface area contributed by atoms with Crippen LogP contribution in [0.3, 0.4) is 0 Å². The van der Waals surface area contributed by atoms with Gasteiger partial charge in [0.25, 0.3) is 0 Å². The van der Waals surface area contributed by atoms with Crippen LogP contribution in [0.25, 0.3) is 0 Å². The van der Waals surface area contributed by atoms with Crippen LogP contribution in [0, 0.1) is 17.8 Å². The maximum absolute atomic E-state index is 13.5. The molecular formula is C58H101NO10. The molecule has 398 valence electrons. The molecule has 1 rings (SSSR count). The zero-order valence-corrected chi connectivity index (χ0v) is 44.8. The zero-order valence-electron chi connectivity index (χ0n) is 44.8. The van der Waals surface area contributed by atoms with E-state index in [1.165, 1.54) is 38.5 Å². The van der Waals surface area contributed by atoms with E-state index >= 15 is 0 Å². The Kier molecular flexibility index (Phi) is 41.0. The van der Waals surface area contributed by atoms with E-state index < -0.39 is 6.10 Å². The van der Waals surface area contributed by atoms with E-state index in [1.807, 2.05) is 14.1 Å². The smallest absolute Gasteiger partial charge is 0.306 e. The number of rotatable bonds is 45. The standard InChI is InChI=1S/C58H101NO10/c1-7-11-15-16-17-18-19-20-21-22-23-24-25-26-27-31-36-51(48-67-58(64)45-50-42-43-53(52(50)37-28-12-8-2)69-57(63)41-34-44-59(5)6)68-56(62)40-33-32-35-49(46-65-54(60)38-29-13-9-3)47-66-55(61)39-30-14-10-4/h12,17-18,20-21,28,49-53H,7-11,13-16,19,22-27,29-48H2,1-6H3/b18-17-,21-20-,28-12-. The summed E-state index contributed by atoms with van der Waals surface area (Å²) in [5, 5.41) is 0. The Labute approximate surface area is 421 Å². The van der Waals surface area contributed by atoms with Gasteiger partial charge in [0.05, 0.1) is 13.2 Å². The summed E-state index contributed by atoms with van der Waals surface area (Å²) in [6, 6.07) is 0. The van der Waals surface area contributed by atoms with Gasteiger partial charge in [-0.1, -0.05) is 135 Å². The Morgan fingerprint density at radius 3 is 1.68 bits per heavy atom. The third-order valence-electron chi connectivity index (χ3n) is 13.0. The number of nitrogens with zero attached hydrogens (tertiary/aromatic N) is 1. The normalized spacial score (nSPS) is 16.6. The molecule has 0 spiro atoms. The van der Waals surface area contributed by atoms with Gasteiger partial charge >= 0.3 is 29.8 Å². The molecule has 0 bridgehead atoms. The highest BCUT2D eigenvalue weighted by Gasteiger charge is 2.39. The molecule has 0 amide bonds. The van der Waals surface area contributed by atoms with Crippen LogP contribution in [-0.4, -0.2) is 87.4 Å². The van der Waals surface area contributed by atoms with Gasteiger partial charge in [0.1, 0.15) is 18.8 Å². The zero-order chi connectivity index (χ0) is 50.6. The summed E-state index contributed by atoms with van der Waals surface area (Å²) in [6.07, 6.45) is 39.8. The van der Waals surface area contributed by atoms with Gasteiger partial charge in [-0.3, -0.25) is 24.0 Å². The number of carbonyl (C=O) groups excluding carboxylic acids is 5. The molecular weight excluding hydrogens is 871 g/mol. The lowest BCUT2D eigenvalue weighted by molar-refractivity contribution is -0.160. The summed E-state index contributed by atoms with van der Waals surface area (Å²) < 4.78 is 29.1. The summed E-state index contributed by atoms with van der Waals surface area (Å²) in [4.78, 5) is 66.3. The first-order valence-electron chi connectivity index (χ1n) is 28.0. The monoisotopic (exact) mass is 972 g/mol. The van der Waals surface area contributed by atoms with E-state index in [4.69, 9.17) is 23.7 Å². The van der Waals surface area contributed by atoms with Crippen molar-refractivity contribution in [2.45, 2.75) is 245 Å². The molecule has 0 aliphatic heterocycles. The summed E-state index contributed by atoms with van der Waals surface area (Å²) in [5.74, 6) is -1.37. The molecule has 0 heterocycles. The van der Waals surface area contributed by atoms with E-state index in [2.05, 4.69) is 69.1 Å². The minimum absolute atomic E-state index is 0.0115. The molecule has 69 heavy (non-hydrogen) atoms. The molecule has 4 atom stereocenters. The number of ether oxygens (including phenoxy) is 5. The second kappa shape index (κ2) is 44.5. The van der Waals surface area contributed by atoms with Crippen LogP contribution in [0.5, 0.6) is 0 Å². The van der Waals surface area contributed by atoms with Crippen LogP contribution in [0.1, 0.15) is 233 Å². The molecule has 0 aromatic rings. The molecule has 1 fully saturated rings. The van der Waals surface area contributed by atoms with Gasteiger partial charge in [-0.05, 0) is 129 Å². The largest absolute Gasteiger partial charge is 0.465 e. The predicted molar refractivity (Wildman–Crippen MR) is 280 cm³/mol. The third-order valence-corrected chi connectivity index (χ3v) is 13.0. The van der Waals surface area contributed by atoms with Crippen molar-refractivity contribution in [2.24, 2.45) is 17.8 Å². The predicted octanol–water partition coefficient (Wildman–Crippen LogP) is 14.1. The topological polar surface area (TPSA) is 135 Å². The number of carbonyl (C=O) groups is 5. The van der Waals surface area contributed by atoms with Crippen LogP contribution < -0.4 is 0 Å². The van der Waals surface area contributed by atoms with E-state index in [0.29, 0.717) is 44.9 Å². The Hall–Kier alpha value is -3.47. The lowest BCUT2D eigenvalue weighted by atomic mass is 9.88. The minimum Gasteiger partial charge on any atom is -0.465 e. The van der Waals surface area contributed by atoms with E-state index in [-0.39, 0.29) is 86.4 Å². The SMILES string of the molecule is CC/C=C\CC1C(CC(=O)OCC(CCCCCCCC/C=C\C/C=C\CCCCC)OC(=O)CCCCC(COC(=O)CCCCC)COC(=O)CCCCC)CCC1OC(=O)CCCN(C)C. The summed E-state index contributed by atoms with van der Waals surface area (Å²) in [5.41, 5.74) is 0. The summed E-state index contributed by atoms with van der Waals surface area (Å²) in [6.45, 7) is 9.70. The second-order valence-corrected chi connectivity index (χ2v) is 19.8. The molecule has 0 saturated heterocycles. The van der Waals surface area contributed by atoms with Crippen LogP contribution in [0.2, 0.25) is 0 Å². The van der Waals surface area contributed by atoms with Gasteiger partial charge < -0.3 is 28.6 Å². The van der Waals surface area contributed by atoms with E-state index in [1.54, 1.807) is 0 Å². The van der Waals surface area contributed by atoms with E-state index in [9.17, 15) is 24.0 Å².